The third kappa shape index (κ3) is 3.66. The topological polar surface area (TPSA) is 104 Å². The van der Waals surface area contributed by atoms with Gasteiger partial charge in [-0.25, -0.2) is 9.78 Å². The van der Waals surface area contributed by atoms with Crippen LogP contribution in [-0.4, -0.2) is 50.5 Å². The van der Waals surface area contributed by atoms with Crippen molar-refractivity contribution in [3.05, 3.63) is 11.5 Å². The van der Waals surface area contributed by atoms with Gasteiger partial charge in [-0.15, -0.1) is 0 Å². The highest BCUT2D eigenvalue weighted by molar-refractivity contribution is 7.99. The van der Waals surface area contributed by atoms with E-state index in [1.54, 1.807) is 6.92 Å². The second-order valence-corrected chi connectivity index (χ2v) is 5.90. The van der Waals surface area contributed by atoms with Gasteiger partial charge in [-0.2, -0.15) is 0 Å². The van der Waals surface area contributed by atoms with Crippen LogP contribution in [0.5, 0.6) is 0 Å². The van der Waals surface area contributed by atoms with Crippen molar-refractivity contribution in [1.82, 2.24) is 9.88 Å². The molecule has 7 nitrogen and oxygen atoms in total. The minimum atomic E-state index is -0.949. The molecule has 1 aliphatic heterocycles. The summed E-state index contributed by atoms with van der Waals surface area (Å²) in [6, 6.07) is 0. The van der Waals surface area contributed by atoms with E-state index in [2.05, 4.69) is 4.98 Å². The number of aryl methyl sites for hydroxylation is 1. The smallest absolute Gasteiger partial charge is 0.407 e. The number of rotatable bonds is 4. The highest BCUT2D eigenvalue weighted by Crippen LogP contribution is 2.31. The van der Waals surface area contributed by atoms with Crippen LogP contribution in [0, 0.1) is 6.92 Å². The second-order valence-electron chi connectivity index (χ2n) is 4.65. The minimum absolute atomic E-state index is 0.170. The van der Waals surface area contributed by atoms with E-state index in [9.17, 15) is 9.59 Å². The van der Waals surface area contributed by atoms with E-state index in [-0.39, 0.29) is 11.7 Å². The maximum Gasteiger partial charge on any atom is 0.407 e. The van der Waals surface area contributed by atoms with Crippen LogP contribution in [0.2, 0.25) is 0 Å². The molecule has 0 radical (unpaired) electrons. The van der Waals surface area contributed by atoms with E-state index in [1.807, 2.05) is 0 Å². The van der Waals surface area contributed by atoms with E-state index >= 15 is 0 Å². The van der Waals surface area contributed by atoms with Crippen LogP contribution in [0.15, 0.2) is 9.64 Å². The molecule has 2 rings (SSSR count). The van der Waals surface area contributed by atoms with Gasteiger partial charge in [0.05, 0.1) is 5.69 Å². The number of carboxylic acids is 1. The number of hydrogen-bond donors (Lipinski definition) is 2. The number of carbonyl (C=O) groups is 2. The predicted octanol–water partition coefficient (Wildman–Crippen LogP) is 1.84. The van der Waals surface area contributed by atoms with Crippen LogP contribution in [0.1, 0.15) is 24.3 Å². The Morgan fingerprint density at radius 3 is 2.60 bits per heavy atom. The summed E-state index contributed by atoms with van der Waals surface area (Å²) < 4.78 is 5.44. The molecule has 0 unspecified atom stereocenters. The first-order valence-corrected chi connectivity index (χ1v) is 7.16. The lowest BCUT2D eigenvalue weighted by molar-refractivity contribution is -0.136. The third-order valence-corrected chi connectivity index (χ3v) is 4.35. The molecule has 1 saturated heterocycles. The van der Waals surface area contributed by atoms with Gasteiger partial charge in [0.2, 0.25) is 0 Å². The molecule has 1 amide bonds. The van der Waals surface area contributed by atoms with Gasteiger partial charge in [-0.3, -0.25) is 4.79 Å². The predicted molar refractivity (Wildman–Crippen MR) is 71.1 cm³/mol. The molecule has 20 heavy (non-hydrogen) atoms. The van der Waals surface area contributed by atoms with Crippen LogP contribution in [0.25, 0.3) is 0 Å². The summed E-state index contributed by atoms with van der Waals surface area (Å²) in [5.41, 5.74) is 0.595. The number of piperidine rings is 1. The number of aliphatic carboxylic acids is 1. The summed E-state index contributed by atoms with van der Waals surface area (Å²) in [6.45, 7) is 2.74. The fourth-order valence-electron chi connectivity index (χ4n) is 2.06. The van der Waals surface area contributed by atoms with Crippen molar-refractivity contribution in [2.24, 2.45) is 0 Å². The summed E-state index contributed by atoms with van der Waals surface area (Å²) >= 11 is 1.45. The van der Waals surface area contributed by atoms with Crippen LogP contribution >= 0.6 is 11.8 Å². The maximum atomic E-state index is 10.8. The Morgan fingerprint density at radius 1 is 1.40 bits per heavy atom. The molecule has 0 bridgehead atoms. The molecule has 1 aromatic heterocycles. The van der Waals surface area contributed by atoms with E-state index in [4.69, 9.17) is 14.6 Å². The Hall–Kier alpha value is -1.70. The summed E-state index contributed by atoms with van der Waals surface area (Å²) in [5.74, 6) is -0.571. The van der Waals surface area contributed by atoms with Gasteiger partial charge in [-0.1, -0.05) is 11.8 Å². The summed E-state index contributed by atoms with van der Waals surface area (Å²) in [5, 5.41) is 18.3. The summed E-state index contributed by atoms with van der Waals surface area (Å²) in [6.07, 6.45) is 0.431. The van der Waals surface area contributed by atoms with Gasteiger partial charge in [0.1, 0.15) is 12.2 Å². The molecule has 1 aliphatic rings. The number of carboxylic acid groups (broad SMARTS) is 2. The molecule has 0 spiro atoms. The summed E-state index contributed by atoms with van der Waals surface area (Å²) in [4.78, 5) is 27.1. The molecular weight excluding hydrogens is 284 g/mol. The molecule has 110 valence electrons. The van der Waals surface area contributed by atoms with Gasteiger partial charge < -0.3 is 19.5 Å². The first kappa shape index (κ1) is 14.7. The fourth-order valence-corrected chi connectivity index (χ4v) is 3.13. The average Bonchev–Trinajstić information content (AvgIpc) is 2.69. The van der Waals surface area contributed by atoms with Gasteiger partial charge in [0, 0.05) is 18.3 Å². The van der Waals surface area contributed by atoms with Gasteiger partial charge in [0.15, 0.2) is 0 Å². The number of amides is 1. The number of aromatic nitrogens is 1. The Balaban J connectivity index is 1.91. The van der Waals surface area contributed by atoms with E-state index < -0.39 is 12.1 Å². The van der Waals surface area contributed by atoms with Crippen molar-refractivity contribution >= 4 is 23.8 Å². The Bertz CT molecular complexity index is 508. The molecule has 8 heteroatoms. The average molecular weight is 300 g/mol. The number of hydrogen-bond acceptors (Lipinski definition) is 5. The van der Waals surface area contributed by atoms with Gasteiger partial charge in [0.25, 0.3) is 5.22 Å². The molecule has 0 aromatic carbocycles. The standard InChI is InChI=1S/C12H16N2O5S/c1-7-9(6-10(15)16)19-11(13-7)20-8-2-4-14(5-3-8)12(17)18/h8H,2-6H2,1H3,(H,15,16)(H,17,18). The van der Waals surface area contributed by atoms with Crippen LogP contribution in [0.4, 0.5) is 4.79 Å². The lowest BCUT2D eigenvalue weighted by Crippen LogP contribution is -2.38. The Labute approximate surface area is 120 Å². The number of likely N-dealkylation sites (tertiary alicyclic amines) is 1. The third-order valence-electron chi connectivity index (χ3n) is 3.16. The van der Waals surface area contributed by atoms with Crippen LogP contribution in [-0.2, 0) is 11.2 Å². The molecule has 1 fully saturated rings. The number of thioether (sulfide) groups is 1. The van der Waals surface area contributed by atoms with Gasteiger partial charge >= 0.3 is 12.1 Å². The SMILES string of the molecule is Cc1nc(SC2CCN(C(=O)O)CC2)oc1CC(=O)O. The highest BCUT2D eigenvalue weighted by atomic mass is 32.2. The lowest BCUT2D eigenvalue weighted by Gasteiger charge is -2.28. The highest BCUT2D eigenvalue weighted by Gasteiger charge is 2.25. The zero-order valence-corrected chi connectivity index (χ0v) is 11.9. The molecular formula is C12H16N2O5S. The van der Waals surface area contributed by atoms with Crippen molar-refractivity contribution in [2.45, 2.75) is 36.7 Å². The van der Waals surface area contributed by atoms with Crippen molar-refractivity contribution in [2.75, 3.05) is 13.1 Å². The molecule has 0 atom stereocenters. The Kier molecular flexibility index (Phi) is 4.53. The maximum absolute atomic E-state index is 10.8. The van der Waals surface area contributed by atoms with Crippen molar-refractivity contribution in [3.8, 4) is 0 Å². The van der Waals surface area contributed by atoms with Gasteiger partial charge in [-0.05, 0) is 19.8 Å². The zero-order valence-electron chi connectivity index (χ0n) is 11.0. The fraction of sp³-hybridized carbons (Fsp3) is 0.583. The Morgan fingerprint density at radius 2 is 2.05 bits per heavy atom. The van der Waals surface area contributed by atoms with E-state index in [0.29, 0.717) is 29.8 Å². The first-order valence-electron chi connectivity index (χ1n) is 6.28. The normalized spacial score (nSPS) is 16.4. The van der Waals surface area contributed by atoms with Crippen molar-refractivity contribution < 1.29 is 24.2 Å². The van der Waals surface area contributed by atoms with Crippen LogP contribution in [0.3, 0.4) is 0 Å². The largest absolute Gasteiger partial charge is 0.481 e. The molecule has 0 saturated carbocycles. The molecule has 0 aliphatic carbocycles. The summed E-state index contributed by atoms with van der Waals surface area (Å²) in [7, 11) is 0. The minimum Gasteiger partial charge on any atom is -0.481 e. The zero-order chi connectivity index (χ0) is 14.7. The first-order chi connectivity index (χ1) is 9.45. The quantitative estimate of drug-likeness (QED) is 0.874. The molecule has 2 heterocycles. The monoisotopic (exact) mass is 300 g/mol. The van der Waals surface area contributed by atoms with E-state index in [1.165, 1.54) is 16.7 Å². The number of oxazole rings is 1. The van der Waals surface area contributed by atoms with Crippen molar-refractivity contribution in [1.29, 1.82) is 0 Å². The number of nitrogens with zero attached hydrogens (tertiary/aromatic N) is 2. The molecule has 1 aromatic rings. The van der Waals surface area contributed by atoms with Crippen molar-refractivity contribution in [3.63, 3.8) is 0 Å². The molecule has 2 N–H and O–H groups in total. The van der Waals surface area contributed by atoms with Crippen LogP contribution < -0.4 is 0 Å². The second kappa shape index (κ2) is 6.17. The van der Waals surface area contributed by atoms with E-state index in [0.717, 1.165) is 12.8 Å². The lowest BCUT2D eigenvalue weighted by atomic mass is 10.1.